The van der Waals surface area contributed by atoms with E-state index in [2.05, 4.69) is 25.3 Å². The summed E-state index contributed by atoms with van der Waals surface area (Å²) in [5.74, 6) is 0.597. The lowest BCUT2D eigenvalue weighted by Crippen LogP contribution is -1.99. The van der Waals surface area contributed by atoms with E-state index in [1.165, 1.54) is 11.0 Å². The van der Waals surface area contributed by atoms with E-state index in [-0.39, 0.29) is 0 Å². The van der Waals surface area contributed by atoms with Crippen LogP contribution in [0.2, 0.25) is 0 Å². The molecule has 0 aliphatic rings. The first-order valence-corrected chi connectivity index (χ1v) is 4.49. The summed E-state index contributed by atoms with van der Waals surface area (Å²) in [7, 11) is 0. The molecule has 0 saturated heterocycles. The number of nitriles is 1. The molecule has 76 valence electrons. The van der Waals surface area contributed by atoms with Crippen molar-refractivity contribution in [2.75, 3.05) is 0 Å². The minimum absolute atomic E-state index is 0.343. The normalized spacial score (nSPS) is 10.4. The lowest BCUT2D eigenvalue weighted by molar-refractivity contribution is 0.845. The molecule has 1 N–H and O–H groups in total. The quantitative estimate of drug-likeness (QED) is 0.628. The lowest BCUT2D eigenvalue weighted by Gasteiger charge is -1.99. The molecule has 3 aromatic heterocycles. The number of H-pyrrole nitrogens is 1. The van der Waals surface area contributed by atoms with Gasteiger partial charge in [0, 0.05) is 6.20 Å². The van der Waals surface area contributed by atoms with Crippen LogP contribution in [0.5, 0.6) is 0 Å². The topological polar surface area (TPSA) is 96.1 Å². The van der Waals surface area contributed by atoms with Crippen LogP contribution in [0.1, 0.15) is 5.69 Å². The molecule has 0 saturated carbocycles. The first kappa shape index (κ1) is 8.55. The molecule has 7 heteroatoms. The van der Waals surface area contributed by atoms with Gasteiger partial charge in [0.1, 0.15) is 12.4 Å². The van der Waals surface area contributed by atoms with Gasteiger partial charge in [-0.15, -0.1) is 0 Å². The largest absolute Gasteiger partial charge is 0.261 e. The molecule has 0 radical (unpaired) electrons. The third-order valence-corrected chi connectivity index (χ3v) is 2.15. The van der Waals surface area contributed by atoms with E-state index in [4.69, 9.17) is 5.26 Å². The molecule has 16 heavy (non-hydrogen) atoms. The van der Waals surface area contributed by atoms with Crippen LogP contribution in [0.25, 0.3) is 16.9 Å². The van der Waals surface area contributed by atoms with Gasteiger partial charge in [0.15, 0.2) is 17.2 Å². The molecule has 0 spiro atoms. The monoisotopic (exact) mass is 211 g/mol. The predicted molar refractivity (Wildman–Crippen MR) is 53.5 cm³/mol. The van der Waals surface area contributed by atoms with Crippen LogP contribution in [0.15, 0.2) is 24.8 Å². The van der Waals surface area contributed by atoms with Gasteiger partial charge in [-0.1, -0.05) is 0 Å². The van der Waals surface area contributed by atoms with Crippen molar-refractivity contribution < 1.29 is 0 Å². The molecule has 3 rings (SSSR count). The molecule has 0 aliphatic carbocycles. The van der Waals surface area contributed by atoms with Crippen molar-refractivity contribution in [2.24, 2.45) is 0 Å². The zero-order valence-electron chi connectivity index (χ0n) is 7.99. The highest BCUT2D eigenvalue weighted by atomic mass is 15.3. The van der Waals surface area contributed by atoms with Crippen molar-refractivity contribution in [3.63, 3.8) is 0 Å². The summed E-state index contributed by atoms with van der Waals surface area (Å²) in [6.07, 6.45) is 4.72. The zero-order chi connectivity index (χ0) is 11.0. The maximum atomic E-state index is 8.69. The first-order valence-electron chi connectivity index (χ1n) is 4.49. The summed E-state index contributed by atoms with van der Waals surface area (Å²) < 4.78 is 1.53. The number of hydrogen-bond donors (Lipinski definition) is 1. The van der Waals surface area contributed by atoms with Crippen LogP contribution >= 0.6 is 0 Å². The summed E-state index contributed by atoms with van der Waals surface area (Å²) >= 11 is 0. The lowest BCUT2D eigenvalue weighted by atomic mass is 10.4. The maximum absolute atomic E-state index is 8.69. The predicted octanol–water partition coefficient (Wildman–Crippen LogP) is 0.410. The Morgan fingerprint density at radius 1 is 1.38 bits per heavy atom. The van der Waals surface area contributed by atoms with E-state index in [0.717, 1.165) is 5.39 Å². The third kappa shape index (κ3) is 1.14. The Labute approximate surface area is 89.4 Å². The molecule has 0 aromatic carbocycles. The molecular formula is C9H5N7. The van der Waals surface area contributed by atoms with Gasteiger partial charge in [-0.25, -0.2) is 14.6 Å². The Morgan fingerprint density at radius 2 is 2.31 bits per heavy atom. The standard InChI is InChI=1S/C9H5N7/c10-3-6-1-2-16(15-6)9-7-4-13-14-8(7)11-5-12-9/h1-2,4-5H,(H,11,12,13,14). The molecule has 0 amide bonds. The van der Waals surface area contributed by atoms with Crippen LogP contribution in [-0.4, -0.2) is 29.9 Å². The van der Waals surface area contributed by atoms with Gasteiger partial charge in [-0.2, -0.15) is 15.5 Å². The molecule has 0 aliphatic heterocycles. The van der Waals surface area contributed by atoms with E-state index in [0.29, 0.717) is 17.2 Å². The maximum Gasteiger partial charge on any atom is 0.167 e. The number of fused-ring (bicyclic) bond motifs is 1. The molecule has 3 heterocycles. The van der Waals surface area contributed by atoms with Crippen molar-refractivity contribution >= 4 is 11.0 Å². The van der Waals surface area contributed by atoms with Crippen molar-refractivity contribution in [2.45, 2.75) is 0 Å². The second kappa shape index (κ2) is 3.13. The summed E-state index contributed by atoms with van der Waals surface area (Å²) in [6, 6.07) is 3.58. The third-order valence-electron chi connectivity index (χ3n) is 2.15. The number of rotatable bonds is 1. The number of hydrogen-bond acceptors (Lipinski definition) is 5. The second-order valence-corrected chi connectivity index (χ2v) is 3.09. The number of aromatic nitrogens is 6. The first-order chi connectivity index (χ1) is 7.88. The molecular weight excluding hydrogens is 206 g/mol. The number of nitrogens with zero attached hydrogens (tertiary/aromatic N) is 6. The second-order valence-electron chi connectivity index (χ2n) is 3.09. The van der Waals surface area contributed by atoms with Crippen LogP contribution in [0, 0.1) is 11.3 Å². The molecule has 0 bridgehead atoms. The Bertz CT molecular complexity index is 687. The van der Waals surface area contributed by atoms with E-state index < -0.39 is 0 Å². The van der Waals surface area contributed by atoms with Gasteiger partial charge in [0.05, 0.1) is 11.6 Å². The molecule has 7 nitrogen and oxygen atoms in total. The minimum Gasteiger partial charge on any atom is -0.261 e. The van der Waals surface area contributed by atoms with Crippen LogP contribution in [0.4, 0.5) is 0 Å². The highest BCUT2D eigenvalue weighted by Gasteiger charge is 2.08. The highest BCUT2D eigenvalue weighted by Crippen LogP contribution is 2.14. The molecule has 3 aromatic rings. The van der Waals surface area contributed by atoms with Crippen molar-refractivity contribution in [3.05, 3.63) is 30.5 Å². The van der Waals surface area contributed by atoms with Gasteiger partial charge in [-0.05, 0) is 6.07 Å². The molecule has 0 atom stereocenters. The summed E-state index contributed by atoms with van der Waals surface area (Å²) in [5, 5.41) is 20.1. The Morgan fingerprint density at radius 3 is 3.12 bits per heavy atom. The summed E-state index contributed by atoms with van der Waals surface area (Å²) in [4.78, 5) is 8.14. The van der Waals surface area contributed by atoms with E-state index >= 15 is 0 Å². The van der Waals surface area contributed by atoms with Crippen LogP contribution in [-0.2, 0) is 0 Å². The Hall–Kier alpha value is -2.75. The van der Waals surface area contributed by atoms with Gasteiger partial charge in [0.2, 0.25) is 0 Å². The average Bonchev–Trinajstić information content (AvgIpc) is 2.97. The van der Waals surface area contributed by atoms with Crippen molar-refractivity contribution in [3.8, 4) is 11.9 Å². The number of aromatic amines is 1. The van der Waals surface area contributed by atoms with Crippen molar-refractivity contribution in [1.29, 1.82) is 5.26 Å². The van der Waals surface area contributed by atoms with Gasteiger partial charge >= 0.3 is 0 Å². The smallest absolute Gasteiger partial charge is 0.167 e. The van der Waals surface area contributed by atoms with E-state index in [9.17, 15) is 0 Å². The van der Waals surface area contributed by atoms with E-state index in [1.54, 1.807) is 18.5 Å². The molecule has 0 unspecified atom stereocenters. The van der Waals surface area contributed by atoms with E-state index in [1.807, 2.05) is 6.07 Å². The Kier molecular flexibility index (Phi) is 1.67. The fraction of sp³-hybridized carbons (Fsp3) is 0. The van der Waals surface area contributed by atoms with Crippen LogP contribution < -0.4 is 0 Å². The zero-order valence-corrected chi connectivity index (χ0v) is 7.99. The SMILES string of the molecule is N#Cc1ccn(-c2ncnc3[nH]ncc23)n1. The van der Waals surface area contributed by atoms with Crippen molar-refractivity contribution in [1.82, 2.24) is 29.9 Å². The summed E-state index contributed by atoms with van der Waals surface area (Å²) in [6.45, 7) is 0. The Balaban J connectivity index is 2.26. The summed E-state index contributed by atoms with van der Waals surface area (Å²) in [5.41, 5.74) is 0.981. The van der Waals surface area contributed by atoms with Gasteiger partial charge < -0.3 is 0 Å². The van der Waals surface area contributed by atoms with Crippen LogP contribution in [0.3, 0.4) is 0 Å². The average molecular weight is 211 g/mol. The number of nitrogens with one attached hydrogen (secondary N) is 1. The highest BCUT2D eigenvalue weighted by molar-refractivity contribution is 5.80. The fourth-order valence-electron chi connectivity index (χ4n) is 1.44. The van der Waals surface area contributed by atoms with Gasteiger partial charge in [-0.3, -0.25) is 5.10 Å². The fourth-order valence-corrected chi connectivity index (χ4v) is 1.44. The minimum atomic E-state index is 0.343. The van der Waals surface area contributed by atoms with Gasteiger partial charge in [0.25, 0.3) is 0 Å². The molecule has 0 fully saturated rings.